The second-order valence-electron chi connectivity index (χ2n) is 6.23. The van der Waals surface area contributed by atoms with Crippen LogP contribution in [-0.4, -0.2) is 32.9 Å². The summed E-state index contributed by atoms with van der Waals surface area (Å²) in [5.41, 5.74) is 2.57. The third-order valence-electron chi connectivity index (χ3n) is 3.76. The predicted octanol–water partition coefficient (Wildman–Crippen LogP) is 3.40. The normalized spacial score (nSPS) is 12.8. The molecule has 0 spiro atoms. The first-order chi connectivity index (χ1) is 13.3. The van der Waals surface area contributed by atoms with Gasteiger partial charge in [0.2, 0.25) is 0 Å². The van der Waals surface area contributed by atoms with Crippen LogP contribution in [0.5, 0.6) is 5.75 Å². The molecule has 3 rings (SSSR count). The van der Waals surface area contributed by atoms with Gasteiger partial charge in [0.1, 0.15) is 29.8 Å². The van der Waals surface area contributed by atoms with Crippen LogP contribution in [0.1, 0.15) is 5.56 Å². The summed E-state index contributed by atoms with van der Waals surface area (Å²) in [6.07, 6.45) is 2.90. The quantitative estimate of drug-likeness (QED) is 0.616. The van der Waals surface area contributed by atoms with E-state index in [-0.39, 0.29) is 12.4 Å². The number of hydrogen-bond acceptors (Lipinski definition) is 6. The lowest BCUT2D eigenvalue weighted by Crippen LogP contribution is -2.09. The van der Waals surface area contributed by atoms with Crippen molar-refractivity contribution in [2.75, 3.05) is 22.9 Å². The molecular formula is C19H18FN5O2S. The van der Waals surface area contributed by atoms with E-state index in [0.29, 0.717) is 22.7 Å². The lowest BCUT2D eigenvalue weighted by Gasteiger charge is -2.15. The Bertz CT molecular complexity index is 1190. The van der Waals surface area contributed by atoms with Crippen LogP contribution in [0, 0.1) is 24.1 Å². The van der Waals surface area contributed by atoms with Crippen molar-refractivity contribution in [3.05, 3.63) is 48.0 Å². The van der Waals surface area contributed by atoms with Gasteiger partial charge in [0.15, 0.2) is 6.61 Å². The van der Waals surface area contributed by atoms with Crippen LogP contribution in [0.3, 0.4) is 0 Å². The lowest BCUT2D eigenvalue weighted by atomic mass is 10.1. The third kappa shape index (κ3) is 4.47. The van der Waals surface area contributed by atoms with Gasteiger partial charge in [-0.1, -0.05) is 0 Å². The van der Waals surface area contributed by atoms with E-state index in [2.05, 4.69) is 25.9 Å². The molecule has 2 N–H and O–H groups in total. The summed E-state index contributed by atoms with van der Waals surface area (Å²) in [5, 5.41) is 12.6. The maximum absolute atomic E-state index is 13.6. The van der Waals surface area contributed by atoms with Crippen molar-refractivity contribution >= 4 is 43.7 Å². The van der Waals surface area contributed by atoms with E-state index >= 15 is 0 Å². The standard InChI is InChI=1S/C19H18FN5O2S/c1-12-8-14(25-28(2,3)26)10-16-18(12)19(23-11-22-16)24-15-5-4-13(20)9-17(15)27-7-6-21/h4-5,8-11H,2,7H2,1,3H3,(H,25,26)(H,22,23,24). The van der Waals surface area contributed by atoms with Gasteiger partial charge in [-0.25, -0.2) is 18.6 Å². The van der Waals surface area contributed by atoms with Gasteiger partial charge in [0, 0.05) is 33.1 Å². The van der Waals surface area contributed by atoms with Gasteiger partial charge in [-0.3, -0.25) is 0 Å². The lowest BCUT2D eigenvalue weighted by molar-refractivity contribution is 0.367. The number of aryl methyl sites for hydroxylation is 1. The molecule has 0 saturated carbocycles. The number of nitriles is 1. The van der Waals surface area contributed by atoms with E-state index in [0.717, 1.165) is 10.9 Å². The number of aromatic nitrogens is 2. The van der Waals surface area contributed by atoms with Crippen molar-refractivity contribution in [2.24, 2.45) is 0 Å². The maximum atomic E-state index is 13.6. The fraction of sp³-hybridized carbons (Fsp3) is 0.158. The van der Waals surface area contributed by atoms with Crippen LogP contribution in [0.4, 0.5) is 21.6 Å². The van der Waals surface area contributed by atoms with E-state index < -0.39 is 15.5 Å². The zero-order chi connectivity index (χ0) is 20.3. The Morgan fingerprint density at radius 3 is 2.82 bits per heavy atom. The molecule has 0 amide bonds. The smallest absolute Gasteiger partial charge is 0.174 e. The van der Waals surface area contributed by atoms with Crippen molar-refractivity contribution < 1.29 is 13.3 Å². The van der Waals surface area contributed by atoms with Crippen molar-refractivity contribution in [2.45, 2.75) is 6.92 Å². The second kappa shape index (κ2) is 7.70. The van der Waals surface area contributed by atoms with Crippen molar-refractivity contribution in [3.8, 4) is 11.8 Å². The maximum Gasteiger partial charge on any atom is 0.174 e. The minimum absolute atomic E-state index is 0.201. The van der Waals surface area contributed by atoms with Crippen LogP contribution in [0.2, 0.25) is 0 Å². The fourth-order valence-corrected chi connectivity index (χ4v) is 3.37. The van der Waals surface area contributed by atoms with Gasteiger partial charge in [0.05, 0.1) is 11.2 Å². The Hall–Kier alpha value is -3.38. The fourth-order valence-electron chi connectivity index (χ4n) is 2.75. The van der Waals surface area contributed by atoms with E-state index in [9.17, 15) is 8.60 Å². The molecule has 9 heteroatoms. The number of anilines is 3. The zero-order valence-corrected chi connectivity index (χ0v) is 16.1. The van der Waals surface area contributed by atoms with Gasteiger partial charge >= 0.3 is 0 Å². The predicted molar refractivity (Wildman–Crippen MR) is 110 cm³/mol. The molecule has 0 bridgehead atoms. The summed E-state index contributed by atoms with van der Waals surface area (Å²) >= 11 is 0. The molecule has 2 aromatic carbocycles. The van der Waals surface area contributed by atoms with E-state index in [1.165, 1.54) is 30.8 Å². The van der Waals surface area contributed by atoms with Crippen LogP contribution >= 0.6 is 0 Å². The zero-order valence-electron chi connectivity index (χ0n) is 15.3. The number of nitrogens with zero attached hydrogens (tertiary/aromatic N) is 3. The average Bonchev–Trinajstić information content (AvgIpc) is 2.60. The number of nitrogens with one attached hydrogen (secondary N) is 2. The highest BCUT2D eigenvalue weighted by molar-refractivity contribution is 8.00. The molecule has 1 heterocycles. The molecule has 0 aliphatic rings. The molecule has 1 aromatic heterocycles. The number of ether oxygens (including phenoxy) is 1. The van der Waals surface area contributed by atoms with Crippen LogP contribution < -0.4 is 14.8 Å². The molecule has 7 nitrogen and oxygen atoms in total. The molecule has 1 unspecified atom stereocenters. The van der Waals surface area contributed by atoms with Gasteiger partial charge in [-0.15, -0.1) is 0 Å². The summed E-state index contributed by atoms with van der Waals surface area (Å²) in [7, 11) is -2.43. The highest BCUT2D eigenvalue weighted by Gasteiger charge is 2.13. The molecule has 1 atom stereocenters. The SMILES string of the molecule is C=S(C)(=O)Nc1cc(C)c2c(Nc3ccc(F)cc3OCC#N)ncnc2c1. The first-order valence-electron chi connectivity index (χ1n) is 8.18. The molecule has 3 aromatic rings. The Labute approximate surface area is 162 Å². The topological polar surface area (TPSA) is 99.9 Å². The Morgan fingerprint density at radius 2 is 2.11 bits per heavy atom. The van der Waals surface area contributed by atoms with Crippen molar-refractivity contribution in [3.63, 3.8) is 0 Å². The third-order valence-corrected chi connectivity index (χ3v) is 4.43. The second-order valence-corrected chi connectivity index (χ2v) is 8.44. The largest absolute Gasteiger partial charge is 0.476 e. The molecule has 28 heavy (non-hydrogen) atoms. The molecule has 0 saturated heterocycles. The summed E-state index contributed by atoms with van der Waals surface area (Å²) in [6.45, 7) is 1.67. The first kappa shape index (κ1) is 19.4. The Morgan fingerprint density at radius 1 is 1.32 bits per heavy atom. The average molecular weight is 399 g/mol. The highest BCUT2D eigenvalue weighted by Crippen LogP contribution is 2.33. The monoisotopic (exact) mass is 399 g/mol. The molecule has 144 valence electrons. The minimum atomic E-state index is -2.43. The van der Waals surface area contributed by atoms with Crippen LogP contribution in [0.15, 0.2) is 36.7 Å². The van der Waals surface area contributed by atoms with Crippen LogP contribution in [-0.2, 0) is 9.71 Å². The molecule has 0 aliphatic heterocycles. The number of benzene rings is 2. The van der Waals surface area contributed by atoms with Gasteiger partial charge in [0.25, 0.3) is 0 Å². The van der Waals surface area contributed by atoms with Gasteiger partial charge in [-0.05, 0) is 42.6 Å². The number of halogens is 1. The Balaban J connectivity index is 2.04. The van der Waals surface area contributed by atoms with Gasteiger partial charge in [-0.2, -0.15) is 5.26 Å². The molecule has 0 radical (unpaired) electrons. The van der Waals surface area contributed by atoms with Crippen LogP contribution in [0.25, 0.3) is 10.9 Å². The van der Waals surface area contributed by atoms with E-state index in [1.807, 2.05) is 19.1 Å². The first-order valence-corrected chi connectivity index (χ1v) is 10.3. The Kier molecular flexibility index (Phi) is 5.33. The van der Waals surface area contributed by atoms with E-state index in [4.69, 9.17) is 10.00 Å². The van der Waals surface area contributed by atoms with Gasteiger partial charge < -0.3 is 14.8 Å². The van der Waals surface area contributed by atoms with Crippen molar-refractivity contribution in [1.82, 2.24) is 9.97 Å². The van der Waals surface area contributed by atoms with Crippen molar-refractivity contribution in [1.29, 1.82) is 5.26 Å². The summed E-state index contributed by atoms with van der Waals surface area (Å²) < 4.78 is 33.7. The molecule has 0 aliphatic carbocycles. The number of hydrogen-bond donors (Lipinski definition) is 2. The van der Waals surface area contributed by atoms with E-state index in [1.54, 1.807) is 6.07 Å². The summed E-state index contributed by atoms with van der Waals surface area (Å²) in [4.78, 5) is 8.57. The number of rotatable bonds is 6. The number of fused-ring (bicyclic) bond motifs is 1. The highest BCUT2D eigenvalue weighted by atomic mass is 32.2. The molecular weight excluding hydrogens is 381 g/mol. The minimum Gasteiger partial charge on any atom is -0.476 e. The summed E-state index contributed by atoms with van der Waals surface area (Å²) in [5.74, 6) is 3.81. The molecule has 0 fully saturated rings. The summed E-state index contributed by atoms with van der Waals surface area (Å²) in [6, 6.07) is 9.42.